The third kappa shape index (κ3) is 6.02. The Balaban J connectivity index is 1.59. The Kier molecular flexibility index (Phi) is 7.66. The maximum atomic E-state index is 12.9. The van der Waals surface area contributed by atoms with Gasteiger partial charge in [-0.05, 0) is 43.9 Å². The number of benzene rings is 1. The Labute approximate surface area is 172 Å². The second-order valence-corrected chi connectivity index (χ2v) is 9.76. The molecule has 1 aromatic rings. The fourth-order valence-corrected chi connectivity index (χ4v) is 5.51. The summed E-state index contributed by atoms with van der Waals surface area (Å²) in [6, 6.07) is 6.01. The first-order chi connectivity index (χ1) is 14.0. The molecule has 160 valence electrons. The first kappa shape index (κ1) is 21.8. The zero-order chi connectivity index (χ0) is 20.7. The van der Waals surface area contributed by atoms with Crippen molar-refractivity contribution in [3.05, 3.63) is 29.8 Å². The molecule has 1 aliphatic heterocycles. The van der Waals surface area contributed by atoms with E-state index in [0.29, 0.717) is 13.1 Å². The number of nitrogens with zero attached hydrogens (tertiary/aromatic N) is 1. The van der Waals surface area contributed by atoms with Crippen molar-refractivity contribution in [2.24, 2.45) is 0 Å². The van der Waals surface area contributed by atoms with Gasteiger partial charge in [0.15, 0.2) is 6.61 Å². The zero-order valence-corrected chi connectivity index (χ0v) is 17.6. The number of hydrogen-bond donors (Lipinski definition) is 1. The lowest BCUT2D eigenvalue weighted by Crippen LogP contribution is -2.38. The van der Waals surface area contributed by atoms with Crippen LogP contribution in [0, 0.1) is 0 Å². The van der Waals surface area contributed by atoms with Gasteiger partial charge in [-0.15, -0.1) is 0 Å². The lowest BCUT2D eigenvalue weighted by molar-refractivity contribution is -0.125. The van der Waals surface area contributed by atoms with Crippen LogP contribution in [0.2, 0.25) is 0 Å². The van der Waals surface area contributed by atoms with Crippen LogP contribution in [-0.2, 0) is 19.6 Å². The lowest BCUT2D eigenvalue weighted by atomic mass is 9.95. The molecular weight excluding hydrogens is 392 g/mol. The van der Waals surface area contributed by atoms with Gasteiger partial charge in [0.2, 0.25) is 10.0 Å². The minimum Gasteiger partial charge on any atom is -0.452 e. The number of ether oxygens (including phenoxy) is 1. The van der Waals surface area contributed by atoms with Crippen molar-refractivity contribution in [2.45, 2.75) is 68.7 Å². The van der Waals surface area contributed by atoms with Gasteiger partial charge in [-0.1, -0.05) is 38.2 Å². The largest absolute Gasteiger partial charge is 0.452 e. The summed E-state index contributed by atoms with van der Waals surface area (Å²) in [7, 11) is -3.65. The highest BCUT2D eigenvalue weighted by molar-refractivity contribution is 7.89. The van der Waals surface area contributed by atoms with Gasteiger partial charge in [0.05, 0.1) is 10.5 Å². The highest BCUT2D eigenvalue weighted by Gasteiger charge is 2.26. The number of sulfonamides is 1. The number of amides is 1. The van der Waals surface area contributed by atoms with Gasteiger partial charge in [0, 0.05) is 19.1 Å². The van der Waals surface area contributed by atoms with Gasteiger partial charge in [-0.25, -0.2) is 13.2 Å². The van der Waals surface area contributed by atoms with Gasteiger partial charge in [0.25, 0.3) is 5.91 Å². The Morgan fingerprint density at radius 3 is 2.34 bits per heavy atom. The predicted octanol–water partition coefficient (Wildman–Crippen LogP) is 2.86. The summed E-state index contributed by atoms with van der Waals surface area (Å²) in [5.41, 5.74) is 0.131. The van der Waals surface area contributed by atoms with E-state index in [1.54, 1.807) is 0 Å². The van der Waals surface area contributed by atoms with Crippen LogP contribution in [0.1, 0.15) is 68.1 Å². The summed E-state index contributed by atoms with van der Waals surface area (Å²) >= 11 is 0. The van der Waals surface area contributed by atoms with Crippen molar-refractivity contribution in [3.8, 4) is 0 Å². The minimum atomic E-state index is -3.65. The van der Waals surface area contributed by atoms with Crippen LogP contribution in [0.25, 0.3) is 0 Å². The van der Waals surface area contributed by atoms with Crippen molar-refractivity contribution < 1.29 is 22.7 Å². The molecule has 1 heterocycles. The molecule has 0 bridgehead atoms. The second kappa shape index (κ2) is 10.2. The normalized spacial score (nSPS) is 19.3. The van der Waals surface area contributed by atoms with Crippen molar-refractivity contribution in [1.82, 2.24) is 9.62 Å². The second-order valence-electron chi connectivity index (χ2n) is 7.82. The van der Waals surface area contributed by atoms with Gasteiger partial charge in [-0.3, -0.25) is 4.79 Å². The molecule has 3 rings (SSSR count). The van der Waals surface area contributed by atoms with Crippen LogP contribution in [0.3, 0.4) is 0 Å². The summed E-state index contributed by atoms with van der Waals surface area (Å²) < 4.78 is 32.4. The molecule has 1 aliphatic carbocycles. The summed E-state index contributed by atoms with van der Waals surface area (Å²) in [5, 5.41) is 2.89. The summed E-state index contributed by atoms with van der Waals surface area (Å²) in [6.07, 6.45) is 9.05. The molecule has 1 amide bonds. The van der Waals surface area contributed by atoms with Crippen LogP contribution in [0.5, 0.6) is 0 Å². The van der Waals surface area contributed by atoms with Gasteiger partial charge in [0.1, 0.15) is 0 Å². The van der Waals surface area contributed by atoms with Crippen molar-refractivity contribution in [2.75, 3.05) is 19.7 Å². The molecule has 0 aromatic heterocycles. The molecule has 8 heteroatoms. The highest BCUT2D eigenvalue weighted by atomic mass is 32.2. The molecule has 2 aliphatic rings. The molecule has 2 fully saturated rings. The zero-order valence-electron chi connectivity index (χ0n) is 16.8. The molecule has 0 unspecified atom stereocenters. The number of nitrogens with one attached hydrogen (secondary N) is 1. The molecule has 1 aromatic carbocycles. The van der Waals surface area contributed by atoms with E-state index in [4.69, 9.17) is 4.74 Å². The fourth-order valence-electron chi connectivity index (χ4n) is 3.95. The molecule has 7 nitrogen and oxygen atoms in total. The molecule has 1 N–H and O–H groups in total. The fraction of sp³-hybridized carbons (Fsp3) is 0.619. The Morgan fingerprint density at radius 2 is 1.66 bits per heavy atom. The number of carbonyl (C=O) groups excluding carboxylic acids is 2. The van der Waals surface area contributed by atoms with Crippen LogP contribution in [0.4, 0.5) is 0 Å². The summed E-state index contributed by atoms with van der Waals surface area (Å²) in [5.74, 6) is -1.02. The van der Waals surface area contributed by atoms with Crippen molar-refractivity contribution >= 4 is 21.9 Å². The van der Waals surface area contributed by atoms with Crippen LogP contribution in [-0.4, -0.2) is 50.3 Å². The molecule has 0 radical (unpaired) electrons. The molecule has 0 spiro atoms. The Morgan fingerprint density at radius 1 is 1.00 bits per heavy atom. The maximum absolute atomic E-state index is 12.9. The quantitative estimate of drug-likeness (QED) is 0.712. The predicted molar refractivity (Wildman–Crippen MR) is 109 cm³/mol. The van der Waals surface area contributed by atoms with Gasteiger partial charge >= 0.3 is 5.97 Å². The molecule has 1 saturated heterocycles. The van der Waals surface area contributed by atoms with Crippen molar-refractivity contribution in [1.29, 1.82) is 0 Å². The van der Waals surface area contributed by atoms with E-state index in [0.717, 1.165) is 51.4 Å². The van der Waals surface area contributed by atoms with E-state index in [-0.39, 0.29) is 29.0 Å². The molecule has 29 heavy (non-hydrogen) atoms. The number of carbonyl (C=O) groups is 2. The minimum absolute atomic E-state index is 0.0838. The first-order valence-corrected chi connectivity index (χ1v) is 12.0. The third-order valence-electron chi connectivity index (χ3n) is 5.58. The first-order valence-electron chi connectivity index (χ1n) is 10.5. The van der Waals surface area contributed by atoms with E-state index >= 15 is 0 Å². The average molecular weight is 423 g/mol. The van der Waals surface area contributed by atoms with E-state index < -0.39 is 16.0 Å². The smallest absolute Gasteiger partial charge is 0.338 e. The van der Waals surface area contributed by atoms with Crippen molar-refractivity contribution in [3.63, 3.8) is 0 Å². The van der Waals surface area contributed by atoms with E-state index in [2.05, 4.69) is 5.32 Å². The van der Waals surface area contributed by atoms with E-state index in [1.807, 2.05) is 0 Å². The van der Waals surface area contributed by atoms with Crippen LogP contribution in [0.15, 0.2) is 29.2 Å². The molecule has 0 atom stereocenters. The van der Waals surface area contributed by atoms with Gasteiger partial charge < -0.3 is 10.1 Å². The third-order valence-corrected chi connectivity index (χ3v) is 7.47. The topological polar surface area (TPSA) is 92.8 Å². The van der Waals surface area contributed by atoms with Crippen LogP contribution < -0.4 is 5.32 Å². The maximum Gasteiger partial charge on any atom is 0.338 e. The lowest BCUT2D eigenvalue weighted by Gasteiger charge is -2.22. The molecule has 1 saturated carbocycles. The standard InChI is InChI=1S/C21H30N2O5S/c24-20(22-18-10-4-3-5-11-18)16-28-21(25)17-9-8-12-19(15-17)29(26,27)23-13-6-1-2-7-14-23/h8-9,12,15,18H,1-7,10-11,13-14,16H2,(H,22,24). The average Bonchev–Trinajstić information content (AvgIpc) is 3.03. The summed E-state index contributed by atoms with van der Waals surface area (Å²) in [4.78, 5) is 24.4. The Bertz CT molecular complexity index is 810. The Hall–Kier alpha value is -1.93. The monoisotopic (exact) mass is 422 g/mol. The van der Waals surface area contributed by atoms with E-state index in [1.165, 1.54) is 35.0 Å². The van der Waals surface area contributed by atoms with Crippen LogP contribution >= 0.6 is 0 Å². The molecular formula is C21H30N2O5S. The number of esters is 1. The van der Waals surface area contributed by atoms with E-state index in [9.17, 15) is 18.0 Å². The number of hydrogen-bond acceptors (Lipinski definition) is 5. The van der Waals surface area contributed by atoms with Gasteiger partial charge in [-0.2, -0.15) is 4.31 Å². The number of rotatable bonds is 6. The SMILES string of the molecule is O=C(COC(=O)c1cccc(S(=O)(=O)N2CCCCCC2)c1)NC1CCCCC1. The highest BCUT2D eigenvalue weighted by Crippen LogP contribution is 2.21. The summed E-state index contributed by atoms with van der Waals surface area (Å²) in [6.45, 7) is 0.634.